The molecule has 0 N–H and O–H groups in total. The van der Waals surface area contributed by atoms with E-state index < -0.39 is 29.8 Å². The van der Waals surface area contributed by atoms with Crippen molar-refractivity contribution in [1.82, 2.24) is 4.90 Å². The second-order valence-electron chi connectivity index (χ2n) is 5.44. The summed E-state index contributed by atoms with van der Waals surface area (Å²) in [6, 6.07) is 0. The Morgan fingerprint density at radius 2 is 1.89 bits per heavy atom. The monoisotopic (exact) mass is 261 g/mol. The van der Waals surface area contributed by atoms with Crippen LogP contribution in [0.3, 0.4) is 0 Å². The van der Waals surface area contributed by atoms with Gasteiger partial charge in [0, 0.05) is 6.54 Å². The van der Waals surface area contributed by atoms with Gasteiger partial charge in [-0.15, -0.1) is 0 Å². The number of piperidine rings is 1. The summed E-state index contributed by atoms with van der Waals surface area (Å²) in [5, 5.41) is 0. The summed E-state index contributed by atoms with van der Waals surface area (Å²) in [6.45, 7) is 5.31. The molecule has 0 aromatic rings. The number of amides is 1. The lowest BCUT2D eigenvalue weighted by atomic mass is 9.97. The SMILES string of the molecule is COC(=O)[C@@H]1C[C@H](F)CN(C(=O)OC(C)(C)C)C1. The van der Waals surface area contributed by atoms with Crippen LogP contribution in [-0.4, -0.2) is 48.9 Å². The molecule has 6 heteroatoms. The van der Waals surface area contributed by atoms with E-state index in [1.807, 2.05) is 0 Å². The van der Waals surface area contributed by atoms with Crippen molar-refractivity contribution < 1.29 is 23.5 Å². The molecule has 1 heterocycles. The standard InChI is InChI=1S/C12H20FNO4/c1-12(2,3)18-11(16)14-6-8(10(15)17-4)5-9(13)7-14/h8-9H,5-7H2,1-4H3/t8-,9+/m1/s1. The smallest absolute Gasteiger partial charge is 0.410 e. The maximum Gasteiger partial charge on any atom is 0.410 e. The zero-order valence-corrected chi connectivity index (χ0v) is 11.2. The topological polar surface area (TPSA) is 55.8 Å². The number of carbonyl (C=O) groups excluding carboxylic acids is 2. The van der Waals surface area contributed by atoms with Crippen LogP contribution >= 0.6 is 0 Å². The molecule has 5 nitrogen and oxygen atoms in total. The fraction of sp³-hybridized carbons (Fsp3) is 0.833. The van der Waals surface area contributed by atoms with Crippen molar-refractivity contribution in [3.05, 3.63) is 0 Å². The van der Waals surface area contributed by atoms with Gasteiger partial charge < -0.3 is 14.4 Å². The summed E-state index contributed by atoms with van der Waals surface area (Å²) >= 11 is 0. The van der Waals surface area contributed by atoms with Crippen LogP contribution in [0.25, 0.3) is 0 Å². The van der Waals surface area contributed by atoms with E-state index in [0.717, 1.165) is 0 Å². The maximum absolute atomic E-state index is 13.5. The van der Waals surface area contributed by atoms with E-state index in [0.29, 0.717) is 0 Å². The lowest BCUT2D eigenvalue weighted by molar-refractivity contribution is -0.148. The highest BCUT2D eigenvalue weighted by Gasteiger charge is 2.36. The van der Waals surface area contributed by atoms with Crippen molar-refractivity contribution in [3.63, 3.8) is 0 Å². The normalized spacial score (nSPS) is 24.6. The average molecular weight is 261 g/mol. The number of carbonyl (C=O) groups is 2. The Balaban J connectivity index is 2.66. The van der Waals surface area contributed by atoms with Crippen LogP contribution in [0, 0.1) is 5.92 Å². The fourth-order valence-corrected chi connectivity index (χ4v) is 1.85. The van der Waals surface area contributed by atoms with Crippen molar-refractivity contribution in [1.29, 1.82) is 0 Å². The molecular weight excluding hydrogens is 241 g/mol. The average Bonchev–Trinajstić information content (AvgIpc) is 2.24. The number of esters is 1. The van der Waals surface area contributed by atoms with Crippen molar-refractivity contribution in [2.24, 2.45) is 5.92 Å². The lowest BCUT2D eigenvalue weighted by Gasteiger charge is -2.34. The van der Waals surface area contributed by atoms with Gasteiger partial charge in [-0.25, -0.2) is 9.18 Å². The van der Waals surface area contributed by atoms with Gasteiger partial charge >= 0.3 is 12.1 Å². The van der Waals surface area contributed by atoms with Crippen LogP contribution < -0.4 is 0 Å². The molecule has 0 saturated carbocycles. The minimum atomic E-state index is -1.23. The summed E-state index contributed by atoms with van der Waals surface area (Å²) in [4.78, 5) is 24.4. The first-order chi connectivity index (χ1) is 8.23. The third kappa shape index (κ3) is 4.16. The minimum Gasteiger partial charge on any atom is -0.469 e. The lowest BCUT2D eigenvalue weighted by Crippen LogP contribution is -2.48. The second-order valence-corrected chi connectivity index (χ2v) is 5.44. The molecule has 0 aromatic heterocycles. The molecule has 0 aliphatic carbocycles. The Bertz CT molecular complexity index is 327. The first-order valence-corrected chi connectivity index (χ1v) is 5.92. The molecule has 1 rings (SSSR count). The first-order valence-electron chi connectivity index (χ1n) is 5.92. The minimum absolute atomic E-state index is 0.0393. The van der Waals surface area contributed by atoms with Gasteiger partial charge in [0.25, 0.3) is 0 Å². The number of hydrogen-bond donors (Lipinski definition) is 0. The predicted molar refractivity (Wildman–Crippen MR) is 62.8 cm³/mol. The number of hydrogen-bond acceptors (Lipinski definition) is 4. The van der Waals surface area contributed by atoms with Gasteiger partial charge in [-0.2, -0.15) is 0 Å². The molecule has 0 spiro atoms. The van der Waals surface area contributed by atoms with Crippen molar-refractivity contribution in [2.45, 2.75) is 39.0 Å². The van der Waals surface area contributed by atoms with Gasteiger partial charge in [-0.3, -0.25) is 4.79 Å². The molecule has 2 atom stereocenters. The Labute approximate surface area is 106 Å². The molecule has 1 aliphatic rings. The van der Waals surface area contributed by atoms with Gasteiger partial charge in [0.15, 0.2) is 0 Å². The zero-order chi connectivity index (χ0) is 13.9. The van der Waals surface area contributed by atoms with Crippen LogP contribution in [0.5, 0.6) is 0 Å². The molecule has 1 aliphatic heterocycles. The number of nitrogens with zero attached hydrogens (tertiary/aromatic N) is 1. The van der Waals surface area contributed by atoms with E-state index in [-0.39, 0.29) is 19.5 Å². The molecule has 0 bridgehead atoms. The van der Waals surface area contributed by atoms with E-state index >= 15 is 0 Å². The van der Waals surface area contributed by atoms with E-state index in [2.05, 4.69) is 4.74 Å². The molecule has 0 unspecified atom stereocenters. The maximum atomic E-state index is 13.5. The van der Waals surface area contributed by atoms with E-state index in [1.54, 1.807) is 20.8 Å². The number of alkyl halides is 1. The molecule has 0 aromatic carbocycles. The highest BCUT2D eigenvalue weighted by Crippen LogP contribution is 2.22. The fourth-order valence-electron chi connectivity index (χ4n) is 1.85. The number of ether oxygens (including phenoxy) is 2. The van der Waals surface area contributed by atoms with E-state index in [1.165, 1.54) is 12.0 Å². The summed E-state index contributed by atoms with van der Waals surface area (Å²) in [7, 11) is 1.25. The third-order valence-electron chi connectivity index (χ3n) is 2.59. The second kappa shape index (κ2) is 5.54. The van der Waals surface area contributed by atoms with Crippen molar-refractivity contribution in [3.8, 4) is 0 Å². The molecule has 1 saturated heterocycles. The Hall–Kier alpha value is -1.33. The molecular formula is C12H20FNO4. The Kier molecular flexibility index (Phi) is 4.53. The van der Waals surface area contributed by atoms with Gasteiger partial charge in [-0.05, 0) is 27.2 Å². The van der Waals surface area contributed by atoms with Crippen molar-refractivity contribution >= 4 is 12.1 Å². The van der Waals surface area contributed by atoms with Crippen LogP contribution in [0.4, 0.5) is 9.18 Å². The molecule has 1 amide bonds. The zero-order valence-electron chi connectivity index (χ0n) is 11.2. The summed E-state index contributed by atoms with van der Waals surface area (Å²) in [5.41, 5.74) is -0.638. The Morgan fingerprint density at radius 3 is 2.39 bits per heavy atom. The number of rotatable bonds is 1. The van der Waals surface area contributed by atoms with Crippen molar-refractivity contribution in [2.75, 3.05) is 20.2 Å². The van der Waals surface area contributed by atoms with Crippen LogP contribution in [0.2, 0.25) is 0 Å². The molecule has 104 valence electrons. The molecule has 0 radical (unpaired) electrons. The van der Waals surface area contributed by atoms with E-state index in [9.17, 15) is 14.0 Å². The van der Waals surface area contributed by atoms with Crippen LogP contribution in [0.15, 0.2) is 0 Å². The van der Waals surface area contributed by atoms with Gasteiger partial charge in [-0.1, -0.05) is 0 Å². The summed E-state index contributed by atoms with van der Waals surface area (Å²) < 4.78 is 23.3. The van der Waals surface area contributed by atoms with Gasteiger partial charge in [0.2, 0.25) is 0 Å². The molecule has 18 heavy (non-hydrogen) atoms. The van der Waals surface area contributed by atoms with Crippen LogP contribution in [0.1, 0.15) is 27.2 Å². The predicted octanol–water partition coefficient (Wildman–Crippen LogP) is 1.75. The number of methoxy groups -OCH3 is 1. The largest absolute Gasteiger partial charge is 0.469 e. The van der Waals surface area contributed by atoms with Gasteiger partial charge in [0.1, 0.15) is 11.8 Å². The third-order valence-corrected chi connectivity index (χ3v) is 2.59. The molecule has 1 fully saturated rings. The van der Waals surface area contributed by atoms with Gasteiger partial charge in [0.05, 0.1) is 19.6 Å². The summed E-state index contributed by atoms with van der Waals surface area (Å²) in [6.07, 6.45) is -1.74. The summed E-state index contributed by atoms with van der Waals surface area (Å²) in [5.74, 6) is -1.11. The highest BCUT2D eigenvalue weighted by atomic mass is 19.1. The first kappa shape index (κ1) is 14.7. The number of likely N-dealkylation sites (tertiary alicyclic amines) is 1. The Morgan fingerprint density at radius 1 is 1.28 bits per heavy atom. The highest BCUT2D eigenvalue weighted by molar-refractivity contribution is 5.75. The number of halogens is 1. The van der Waals surface area contributed by atoms with Crippen LogP contribution in [-0.2, 0) is 14.3 Å². The van der Waals surface area contributed by atoms with E-state index in [4.69, 9.17) is 4.74 Å². The quantitative estimate of drug-likeness (QED) is 0.675.